The first-order valence-electron chi connectivity index (χ1n) is 6.79. The SMILES string of the molecule is CCC(N)Cc1c(C(C)(C)C)[nH]c2ccccc12.Cl. The molecule has 2 rings (SSSR count). The predicted molar refractivity (Wildman–Crippen MR) is 86.2 cm³/mol. The standard InChI is InChI=1S/C16H24N2.ClH/c1-5-11(17)10-13-12-8-6-7-9-14(12)18-15(13)16(2,3)4;/h6-9,11,18H,5,10,17H2,1-4H3;1H. The predicted octanol–water partition coefficient (Wildman–Crippen LogP) is 4.17. The maximum atomic E-state index is 6.15. The summed E-state index contributed by atoms with van der Waals surface area (Å²) >= 11 is 0. The summed E-state index contributed by atoms with van der Waals surface area (Å²) in [5.41, 5.74) is 10.2. The second-order valence-electron chi connectivity index (χ2n) is 6.15. The van der Waals surface area contributed by atoms with Gasteiger partial charge in [0.05, 0.1) is 0 Å². The van der Waals surface area contributed by atoms with E-state index in [0.29, 0.717) is 0 Å². The Bertz CT molecular complexity index is 537. The lowest BCUT2D eigenvalue weighted by molar-refractivity contribution is 0.557. The third kappa shape index (κ3) is 3.31. The normalized spacial score (nSPS) is 13.3. The van der Waals surface area contributed by atoms with Crippen LogP contribution in [0.2, 0.25) is 0 Å². The molecule has 1 heterocycles. The van der Waals surface area contributed by atoms with Crippen LogP contribution in [0, 0.1) is 0 Å². The van der Waals surface area contributed by atoms with Crippen LogP contribution in [-0.4, -0.2) is 11.0 Å². The van der Waals surface area contributed by atoms with Gasteiger partial charge < -0.3 is 10.7 Å². The number of nitrogens with one attached hydrogen (secondary N) is 1. The van der Waals surface area contributed by atoms with Crippen LogP contribution < -0.4 is 5.73 Å². The Kier molecular flexibility index (Phi) is 5.05. The summed E-state index contributed by atoms with van der Waals surface area (Å²) in [5, 5.41) is 1.33. The van der Waals surface area contributed by atoms with Gasteiger partial charge >= 0.3 is 0 Å². The molecule has 1 aromatic carbocycles. The minimum atomic E-state index is 0. The van der Waals surface area contributed by atoms with Gasteiger partial charge in [0, 0.05) is 28.1 Å². The molecule has 0 radical (unpaired) electrons. The Labute approximate surface area is 122 Å². The molecule has 2 aromatic rings. The third-order valence-corrected chi connectivity index (χ3v) is 3.55. The number of benzene rings is 1. The molecule has 0 saturated carbocycles. The number of H-pyrrole nitrogens is 1. The summed E-state index contributed by atoms with van der Waals surface area (Å²) in [5.74, 6) is 0. The van der Waals surface area contributed by atoms with E-state index in [2.05, 4.69) is 56.9 Å². The Morgan fingerprint density at radius 3 is 2.42 bits per heavy atom. The molecule has 1 unspecified atom stereocenters. The van der Waals surface area contributed by atoms with Gasteiger partial charge in [0.1, 0.15) is 0 Å². The third-order valence-electron chi connectivity index (χ3n) is 3.55. The molecule has 0 aliphatic rings. The van der Waals surface area contributed by atoms with E-state index in [0.717, 1.165) is 12.8 Å². The van der Waals surface area contributed by atoms with Crippen molar-refractivity contribution in [1.82, 2.24) is 4.98 Å². The van der Waals surface area contributed by atoms with Crippen LogP contribution >= 0.6 is 12.4 Å². The lowest BCUT2D eigenvalue weighted by atomic mass is 9.86. The van der Waals surface area contributed by atoms with Crippen LogP contribution in [0.5, 0.6) is 0 Å². The average Bonchev–Trinajstić information content (AvgIpc) is 2.68. The van der Waals surface area contributed by atoms with Gasteiger partial charge in [0.25, 0.3) is 0 Å². The molecule has 0 amide bonds. The number of rotatable bonds is 3. The van der Waals surface area contributed by atoms with Crippen LogP contribution in [0.1, 0.15) is 45.4 Å². The highest BCUT2D eigenvalue weighted by molar-refractivity contribution is 5.85. The molecular weight excluding hydrogens is 256 g/mol. The maximum absolute atomic E-state index is 6.15. The van der Waals surface area contributed by atoms with Crippen molar-refractivity contribution in [2.24, 2.45) is 5.73 Å². The van der Waals surface area contributed by atoms with Crippen molar-refractivity contribution in [2.75, 3.05) is 0 Å². The minimum Gasteiger partial charge on any atom is -0.358 e. The van der Waals surface area contributed by atoms with Crippen molar-refractivity contribution >= 4 is 23.3 Å². The summed E-state index contributed by atoms with van der Waals surface area (Å²) in [4.78, 5) is 3.58. The summed E-state index contributed by atoms with van der Waals surface area (Å²) in [6, 6.07) is 8.76. The number of aromatic nitrogens is 1. The Hall–Kier alpha value is -0.990. The number of fused-ring (bicyclic) bond motifs is 1. The zero-order valence-electron chi connectivity index (χ0n) is 12.3. The van der Waals surface area contributed by atoms with Gasteiger partial charge in [0.2, 0.25) is 0 Å². The van der Waals surface area contributed by atoms with Crippen LogP contribution in [0.3, 0.4) is 0 Å². The minimum absolute atomic E-state index is 0. The topological polar surface area (TPSA) is 41.8 Å². The van der Waals surface area contributed by atoms with E-state index in [1.54, 1.807) is 0 Å². The Morgan fingerprint density at radius 1 is 1.21 bits per heavy atom. The molecule has 1 atom stereocenters. The van der Waals surface area contributed by atoms with Crippen LogP contribution in [0.25, 0.3) is 10.9 Å². The zero-order chi connectivity index (χ0) is 13.3. The zero-order valence-corrected chi connectivity index (χ0v) is 13.1. The summed E-state index contributed by atoms with van der Waals surface area (Å²) < 4.78 is 0. The van der Waals surface area contributed by atoms with E-state index in [4.69, 9.17) is 5.73 Å². The van der Waals surface area contributed by atoms with E-state index >= 15 is 0 Å². The number of hydrogen-bond acceptors (Lipinski definition) is 1. The lowest BCUT2D eigenvalue weighted by Gasteiger charge is -2.20. The van der Waals surface area contributed by atoms with Crippen LogP contribution in [0.4, 0.5) is 0 Å². The first-order valence-corrected chi connectivity index (χ1v) is 6.79. The highest BCUT2D eigenvalue weighted by Crippen LogP contribution is 2.32. The summed E-state index contributed by atoms with van der Waals surface area (Å²) in [6.45, 7) is 8.90. The fraction of sp³-hybridized carbons (Fsp3) is 0.500. The van der Waals surface area contributed by atoms with Gasteiger partial charge in [0.15, 0.2) is 0 Å². The molecule has 106 valence electrons. The number of halogens is 1. The summed E-state index contributed by atoms with van der Waals surface area (Å²) in [6.07, 6.45) is 1.97. The monoisotopic (exact) mass is 280 g/mol. The first-order chi connectivity index (χ1) is 8.43. The molecule has 0 aliphatic carbocycles. The molecule has 0 saturated heterocycles. The molecule has 0 aliphatic heterocycles. The van der Waals surface area contributed by atoms with Gasteiger partial charge in [-0.3, -0.25) is 0 Å². The van der Waals surface area contributed by atoms with Crippen LogP contribution in [-0.2, 0) is 11.8 Å². The maximum Gasteiger partial charge on any atom is 0.0459 e. The average molecular weight is 281 g/mol. The van der Waals surface area contributed by atoms with E-state index in [1.165, 1.54) is 22.2 Å². The largest absolute Gasteiger partial charge is 0.358 e. The number of nitrogens with two attached hydrogens (primary N) is 1. The molecule has 3 heteroatoms. The highest BCUT2D eigenvalue weighted by Gasteiger charge is 2.23. The fourth-order valence-corrected chi connectivity index (χ4v) is 2.46. The highest BCUT2D eigenvalue weighted by atomic mass is 35.5. The van der Waals surface area contributed by atoms with Crippen LogP contribution in [0.15, 0.2) is 24.3 Å². The van der Waals surface area contributed by atoms with E-state index < -0.39 is 0 Å². The van der Waals surface area contributed by atoms with E-state index in [1.807, 2.05) is 0 Å². The van der Waals surface area contributed by atoms with Crippen molar-refractivity contribution in [3.63, 3.8) is 0 Å². The number of hydrogen-bond donors (Lipinski definition) is 2. The van der Waals surface area contributed by atoms with Gasteiger partial charge in [-0.25, -0.2) is 0 Å². The molecular formula is C16H25ClN2. The fourth-order valence-electron chi connectivity index (χ4n) is 2.46. The number of aromatic amines is 1. The van der Waals surface area contributed by atoms with Crippen molar-refractivity contribution in [3.8, 4) is 0 Å². The van der Waals surface area contributed by atoms with Gasteiger partial charge in [-0.15, -0.1) is 12.4 Å². The van der Waals surface area contributed by atoms with Gasteiger partial charge in [-0.2, -0.15) is 0 Å². The van der Waals surface area contributed by atoms with Gasteiger partial charge in [-0.05, 0) is 24.5 Å². The van der Waals surface area contributed by atoms with Crippen molar-refractivity contribution < 1.29 is 0 Å². The lowest BCUT2D eigenvalue weighted by Crippen LogP contribution is -2.24. The van der Waals surface area contributed by atoms with Gasteiger partial charge in [-0.1, -0.05) is 45.9 Å². The first kappa shape index (κ1) is 16.1. The quantitative estimate of drug-likeness (QED) is 0.871. The van der Waals surface area contributed by atoms with Crippen molar-refractivity contribution in [3.05, 3.63) is 35.5 Å². The van der Waals surface area contributed by atoms with Crippen molar-refractivity contribution in [2.45, 2.75) is 52.0 Å². The molecule has 2 nitrogen and oxygen atoms in total. The van der Waals surface area contributed by atoms with E-state index in [-0.39, 0.29) is 23.9 Å². The second kappa shape index (κ2) is 5.98. The molecule has 1 aromatic heterocycles. The van der Waals surface area contributed by atoms with Crippen molar-refractivity contribution in [1.29, 1.82) is 0 Å². The molecule has 0 spiro atoms. The molecule has 0 bridgehead atoms. The molecule has 19 heavy (non-hydrogen) atoms. The molecule has 0 fully saturated rings. The summed E-state index contributed by atoms with van der Waals surface area (Å²) in [7, 11) is 0. The smallest absolute Gasteiger partial charge is 0.0459 e. The number of para-hydroxylation sites is 1. The Morgan fingerprint density at radius 2 is 1.84 bits per heavy atom. The Balaban J connectivity index is 0.00000180. The van der Waals surface area contributed by atoms with E-state index in [9.17, 15) is 0 Å². The second-order valence-corrected chi connectivity index (χ2v) is 6.15. The molecule has 3 N–H and O–H groups in total.